The first kappa shape index (κ1) is 19.3. The summed E-state index contributed by atoms with van der Waals surface area (Å²) < 4.78 is 24.1. The number of rotatable bonds is 4. The van der Waals surface area contributed by atoms with Crippen molar-refractivity contribution >= 4 is 35.1 Å². The maximum Gasteiger partial charge on any atom is 0.241 e. The number of amides is 1. The van der Waals surface area contributed by atoms with Crippen LogP contribution in [0.4, 0.5) is 10.1 Å². The van der Waals surface area contributed by atoms with Crippen molar-refractivity contribution in [3.05, 3.63) is 48.3 Å². The zero-order valence-corrected chi connectivity index (χ0v) is 15.4. The second-order valence-corrected chi connectivity index (χ2v) is 6.25. The Morgan fingerprint density at radius 2 is 2.07 bits per heavy atom. The molecule has 2 aromatic carbocycles. The van der Waals surface area contributed by atoms with Crippen LogP contribution in [0.3, 0.4) is 0 Å². The molecule has 0 aliphatic carbocycles. The highest BCUT2D eigenvalue weighted by atomic mass is 35.5. The van der Waals surface area contributed by atoms with Crippen molar-refractivity contribution in [2.24, 2.45) is 0 Å². The van der Waals surface area contributed by atoms with E-state index in [9.17, 15) is 9.18 Å². The molecule has 1 amide bonds. The van der Waals surface area contributed by atoms with Gasteiger partial charge < -0.3 is 19.8 Å². The maximum atomic E-state index is 13.1. The predicted molar refractivity (Wildman–Crippen MR) is 102 cm³/mol. The molecule has 1 aromatic heterocycles. The Labute approximate surface area is 161 Å². The van der Waals surface area contributed by atoms with Gasteiger partial charge in [-0.25, -0.2) is 9.37 Å². The largest absolute Gasteiger partial charge is 0.436 e. The number of nitrogens with one attached hydrogen (secondary N) is 2. The molecule has 2 atom stereocenters. The van der Waals surface area contributed by atoms with E-state index in [1.54, 1.807) is 37.4 Å². The maximum absolute atomic E-state index is 13.1. The first-order valence-electron chi connectivity index (χ1n) is 8.36. The van der Waals surface area contributed by atoms with Crippen LogP contribution in [0.15, 0.2) is 46.9 Å². The zero-order valence-electron chi connectivity index (χ0n) is 14.6. The molecule has 0 saturated carbocycles. The Kier molecular flexibility index (Phi) is 5.74. The van der Waals surface area contributed by atoms with Gasteiger partial charge in [0.1, 0.15) is 11.3 Å². The fourth-order valence-electron chi connectivity index (χ4n) is 3.03. The number of anilines is 1. The van der Waals surface area contributed by atoms with Gasteiger partial charge in [0.2, 0.25) is 11.8 Å². The van der Waals surface area contributed by atoms with Crippen molar-refractivity contribution in [3.8, 4) is 11.5 Å². The zero-order chi connectivity index (χ0) is 18.1. The fraction of sp³-hybridized carbons (Fsp3) is 0.263. The summed E-state index contributed by atoms with van der Waals surface area (Å²) in [5, 5.41) is 6.02. The van der Waals surface area contributed by atoms with Gasteiger partial charge in [-0.05, 0) is 42.8 Å². The molecule has 0 unspecified atom stereocenters. The number of fused-ring (bicyclic) bond motifs is 1. The lowest BCUT2D eigenvalue weighted by molar-refractivity contribution is -0.118. The van der Waals surface area contributed by atoms with Gasteiger partial charge in [0, 0.05) is 31.0 Å². The van der Waals surface area contributed by atoms with Gasteiger partial charge in [0.15, 0.2) is 5.58 Å². The minimum Gasteiger partial charge on any atom is -0.436 e. The third kappa shape index (κ3) is 4.10. The third-order valence-electron chi connectivity index (χ3n) is 4.49. The monoisotopic (exact) mass is 391 g/mol. The lowest BCUT2D eigenvalue weighted by atomic mass is 10.2. The third-order valence-corrected chi connectivity index (χ3v) is 4.49. The molecule has 3 aromatic rings. The Morgan fingerprint density at radius 1 is 1.30 bits per heavy atom. The number of hydrogen-bond donors (Lipinski definition) is 2. The van der Waals surface area contributed by atoms with E-state index in [0.717, 1.165) is 0 Å². The van der Waals surface area contributed by atoms with Crippen LogP contribution in [0.2, 0.25) is 0 Å². The van der Waals surface area contributed by atoms with E-state index in [1.807, 2.05) is 0 Å². The topological polar surface area (TPSA) is 76.4 Å². The average molecular weight is 392 g/mol. The number of carbonyl (C=O) groups excluding carboxylic acids is 1. The van der Waals surface area contributed by atoms with Gasteiger partial charge in [-0.3, -0.25) is 4.79 Å². The molecule has 2 heterocycles. The van der Waals surface area contributed by atoms with Crippen LogP contribution < -0.4 is 10.6 Å². The summed E-state index contributed by atoms with van der Waals surface area (Å²) in [5.41, 5.74) is 2.54. The molecule has 2 N–H and O–H groups in total. The standard InChI is InChI=1S/C19H18FN3O3.ClH/c1-25-14-9-16(21-10-14)18(24)22-13-6-7-15-17(8-13)26-19(23-15)11-2-4-12(20)5-3-11;/h2-8,14,16,21H,9-10H2,1H3,(H,22,24);1H/t14-,16+;/m0./s1. The molecule has 0 bridgehead atoms. The van der Waals surface area contributed by atoms with Crippen LogP contribution in [0.5, 0.6) is 0 Å². The molecular formula is C19H19ClFN3O3. The molecule has 1 aliphatic heterocycles. The smallest absolute Gasteiger partial charge is 0.241 e. The lowest BCUT2D eigenvalue weighted by Gasteiger charge is -2.11. The minimum atomic E-state index is -0.314. The van der Waals surface area contributed by atoms with Crippen LogP contribution in [-0.2, 0) is 9.53 Å². The quantitative estimate of drug-likeness (QED) is 0.713. The van der Waals surface area contributed by atoms with E-state index < -0.39 is 0 Å². The average Bonchev–Trinajstić information content (AvgIpc) is 3.29. The number of aromatic nitrogens is 1. The van der Waals surface area contributed by atoms with Crippen molar-refractivity contribution in [1.82, 2.24) is 10.3 Å². The van der Waals surface area contributed by atoms with Gasteiger partial charge in [-0.1, -0.05) is 0 Å². The number of ether oxygens (including phenoxy) is 1. The Balaban J connectivity index is 0.00000210. The van der Waals surface area contributed by atoms with Crippen LogP contribution in [-0.4, -0.2) is 36.7 Å². The van der Waals surface area contributed by atoms with Gasteiger partial charge >= 0.3 is 0 Å². The number of hydrogen-bond acceptors (Lipinski definition) is 5. The second kappa shape index (κ2) is 8.04. The van der Waals surface area contributed by atoms with E-state index in [2.05, 4.69) is 15.6 Å². The highest BCUT2D eigenvalue weighted by Crippen LogP contribution is 2.26. The number of carbonyl (C=O) groups is 1. The Bertz CT molecular complexity index is 945. The summed E-state index contributed by atoms with van der Waals surface area (Å²) in [6.45, 7) is 0.663. The van der Waals surface area contributed by atoms with Crippen LogP contribution in [0, 0.1) is 5.82 Å². The van der Waals surface area contributed by atoms with Crippen LogP contribution in [0.25, 0.3) is 22.6 Å². The molecule has 0 radical (unpaired) electrons. The first-order valence-corrected chi connectivity index (χ1v) is 8.36. The van der Waals surface area contributed by atoms with E-state index >= 15 is 0 Å². The molecule has 4 rings (SSSR count). The minimum absolute atomic E-state index is 0. The summed E-state index contributed by atoms with van der Waals surface area (Å²) in [6, 6.07) is 11.0. The van der Waals surface area contributed by atoms with Crippen LogP contribution >= 0.6 is 12.4 Å². The second-order valence-electron chi connectivity index (χ2n) is 6.25. The summed E-state index contributed by atoms with van der Waals surface area (Å²) in [7, 11) is 1.64. The SMILES string of the molecule is CO[C@@H]1CN[C@@H](C(=O)Nc2ccc3nc(-c4ccc(F)cc4)oc3c2)C1.Cl. The number of oxazole rings is 1. The molecule has 8 heteroatoms. The van der Waals surface area contributed by atoms with E-state index in [-0.39, 0.29) is 36.3 Å². The highest BCUT2D eigenvalue weighted by Gasteiger charge is 2.29. The van der Waals surface area contributed by atoms with Crippen molar-refractivity contribution in [2.45, 2.75) is 18.6 Å². The number of benzene rings is 2. The lowest BCUT2D eigenvalue weighted by Crippen LogP contribution is -2.35. The number of methoxy groups -OCH3 is 1. The predicted octanol–water partition coefficient (Wildman–Crippen LogP) is 3.37. The molecule has 1 aliphatic rings. The number of nitrogens with zero attached hydrogens (tertiary/aromatic N) is 1. The Hall–Kier alpha value is -2.48. The van der Waals surface area contributed by atoms with E-state index in [0.29, 0.717) is 41.2 Å². The molecule has 1 fully saturated rings. The van der Waals surface area contributed by atoms with Gasteiger partial charge in [-0.2, -0.15) is 0 Å². The molecule has 1 saturated heterocycles. The van der Waals surface area contributed by atoms with Crippen molar-refractivity contribution in [1.29, 1.82) is 0 Å². The van der Waals surface area contributed by atoms with Crippen LogP contribution in [0.1, 0.15) is 6.42 Å². The van der Waals surface area contributed by atoms with E-state index in [1.165, 1.54) is 12.1 Å². The fourth-order valence-corrected chi connectivity index (χ4v) is 3.03. The first-order chi connectivity index (χ1) is 12.6. The summed E-state index contributed by atoms with van der Waals surface area (Å²) in [5.74, 6) is -0.0165. The van der Waals surface area contributed by atoms with Crippen molar-refractivity contribution in [3.63, 3.8) is 0 Å². The molecule has 27 heavy (non-hydrogen) atoms. The molecule has 6 nitrogen and oxygen atoms in total. The molecular weight excluding hydrogens is 373 g/mol. The van der Waals surface area contributed by atoms with Crippen molar-refractivity contribution in [2.75, 3.05) is 19.0 Å². The van der Waals surface area contributed by atoms with Crippen molar-refractivity contribution < 1.29 is 18.3 Å². The summed E-state index contributed by atoms with van der Waals surface area (Å²) >= 11 is 0. The van der Waals surface area contributed by atoms with Gasteiger partial charge in [-0.15, -0.1) is 12.4 Å². The number of halogens is 2. The Morgan fingerprint density at radius 3 is 2.78 bits per heavy atom. The molecule has 0 spiro atoms. The summed E-state index contributed by atoms with van der Waals surface area (Å²) in [6.07, 6.45) is 0.697. The normalized spacial score (nSPS) is 19.0. The van der Waals surface area contributed by atoms with Gasteiger partial charge in [0.05, 0.1) is 12.1 Å². The van der Waals surface area contributed by atoms with Gasteiger partial charge in [0.25, 0.3) is 0 Å². The summed E-state index contributed by atoms with van der Waals surface area (Å²) in [4.78, 5) is 16.8. The molecule has 142 valence electrons. The van der Waals surface area contributed by atoms with E-state index in [4.69, 9.17) is 9.15 Å². The highest BCUT2D eigenvalue weighted by molar-refractivity contribution is 5.96.